The minimum atomic E-state index is -0.693. The summed E-state index contributed by atoms with van der Waals surface area (Å²) in [7, 11) is 2.98. The Kier molecular flexibility index (Phi) is 10.9. The number of Topliss-reactive ketones (excluding diaryl/α,β-unsaturated/α-hetero) is 2. The smallest absolute Gasteiger partial charge is 0.338 e. The van der Waals surface area contributed by atoms with E-state index >= 15 is 0 Å². The van der Waals surface area contributed by atoms with Crippen LogP contribution in [0.15, 0.2) is 98.6 Å². The van der Waals surface area contributed by atoms with Crippen molar-refractivity contribution in [1.82, 2.24) is 74.4 Å². The molecule has 0 unspecified atom stereocenters. The predicted molar refractivity (Wildman–Crippen MR) is 262 cm³/mol. The van der Waals surface area contributed by atoms with Crippen molar-refractivity contribution in [2.45, 2.75) is 6.92 Å². The molecule has 0 radical (unpaired) electrons. The lowest BCUT2D eigenvalue weighted by atomic mass is 10.1. The second kappa shape index (κ2) is 17.9. The van der Waals surface area contributed by atoms with E-state index in [9.17, 15) is 19.2 Å². The monoisotopic (exact) mass is 979 g/mol. The summed E-state index contributed by atoms with van der Waals surface area (Å²) in [6, 6.07) is 11.5. The number of rotatable bonds is 11. The molecular weight excluding hydrogens is 937 g/mol. The summed E-state index contributed by atoms with van der Waals surface area (Å²) in [6.07, 6.45) is 15.9. The fourth-order valence-electron chi connectivity index (χ4n) is 9.82. The van der Waals surface area contributed by atoms with Gasteiger partial charge < -0.3 is 39.0 Å². The number of nitrogens with zero attached hydrogens (tertiary/aromatic N) is 16. The molecule has 2 aliphatic rings. The highest BCUT2D eigenvalue weighted by Crippen LogP contribution is 2.36. The topological polar surface area (TPSA) is 261 Å². The maximum Gasteiger partial charge on any atom is 0.338 e. The Morgan fingerprint density at radius 2 is 1.37 bits per heavy atom. The van der Waals surface area contributed by atoms with Crippen molar-refractivity contribution >= 4 is 78.6 Å². The zero-order valence-electron chi connectivity index (χ0n) is 39.5. The molecule has 0 saturated carbocycles. The molecule has 0 bridgehead atoms. The summed E-state index contributed by atoms with van der Waals surface area (Å²) in [5.41, 5.74) is 4.01. The van der Waals surface area contributed by atoms with E-state index in [0.29, 0.717) is 101 Å². The molecule has 12 rings (SSSR count). The zero-order chi connectivity index (χ0) is 49.9. The summed E-state index contributed by atoms with van der Waals surface area (Å²) < 4.78 is 16.6. The van der Waals surface area contributed by atoms with Crippen LogP contribution >= 0.6 is 0 Å². The normalized spacial score (nSPS) is 14.2. The van der Waals surface area contributed by atoms with Crippen molar-refractivity contribution in [3.63, 3.8) is 0 Å². The first-order chi connectivity index (χ1) is 35.7. The fourth-order valence-corrected chi connectivity index (χ4v) is 9.82. The number of aromatic amines is 2. The summed E-state index contributed by atoms with van der Waals surface area (Å²) in [4.78, 5) is 96.8. The van der Waals surface area contributed by atoms with E-state index in [4.69, 9.17) is 14.5 Å². The first-order valence-corrected chi connectivity index (χ1v) is 23.2. The van der Waals surface area contributed by atoms with Crippen molar-refractivity contribution in [2.24, 2.45) is 0 Å². The van der Waals surface area contributed by atoms with Crippen molar-refractivity contribution in [2.75, 3.05) is 76.4 Å². The quantitative estimate of drug-likeness (QED) is 0.107. The number of anilines is 2. The Morgan fingerprint density at radius 1 is 0.685 bits per heavy atom. The van der Waals surface area contributed by atoms with Crippen LogP contribution in [0.2, 0.25) is 0 Å². The molecule has 2 N–H and O–H groups in total. The summed E-state index contributed by atoms with van der Waals surface area (Å²) >= 11 is 0. The third-order valence-electron chi connectivity index (χ3n) is 13.4. The highest BCUT2D eigenvalue weighted by Gasteiger charge is 2.35. The van der Waals surface area contributed by atoms with Crippen molar-refractivity contribution in [1.29, 1.82) is 0 Å². The number of hydrogen-bond acceptors (Lipinski definition) is 17. The molecule has 0 spiro atoms. The molecule has 2 saturated heterocycles. The number of nitrogens with one attached hydrogen (secondary N) is 2. The van der Waals surface area contributed by atoms with Gasteiger partial charge in [-0.25, -0.2) is 29.6 Å². The Hall–Kier alpha value is -9.74. The number of methoxy groups -OCH3 is 2. The number of hydrogen-bond donors (Lipinski definition) is 2. The molecular formula is C49H43N18O6+. The van der Waals surface area contributed by atoms with Crippen LogP contribution in [-0.4, -0.2) is 164 Å². The molecule has 10 aromatic rings. The Morgan fingerprint density at radius 3 is 2.05 bits per heavy atom. The molecule has 11 heterocycles. The molecule has 364 valence electrons. The number of H-pyrrole nitrogens is 2. The van der Waals surface area contributed by atoms with Crippen LogP contribution in [-0.2, 0) is 9.59 Å². The number of carbonyl (C=O) groups is 4. The number of benzene rings is 1. The van der Waals surface area contributed by atoms with Crippen LogP contribution in [0.5, 0.6) is 11.5 Å². The van der Waals surface area contributed by atoms with Crippen LogP contribution in [0.1, 0.15) is 26.5 Å². The van der Waals surface area contributed by atoms with Gasteiger partial charge in [-0.1, -0.05) is 10.7 Å². The predicted octanol–water partition coefficient (Wildman–Crippen LogP) is 2.76. The van der Waals surface area contributed by atoms with Crippen molar-refractivity contribution < 1.29 is 33.2 Å². The Balaban J connectivity index is 0.829. The van der Waals surface area contributed by atoms with Crippen LogP contribution in [0.25, 0.3) is 61.1 Å². The van der Waals surface area contributed by atoms with E-state index in [1.165, 1.54) is 50.1 Å². The van der Waals surface area contributed by atoms with E-state index in [-0.39, 0.29) is 24.2 Å². The van der Waals surface area contributed by atoms with Gasteiger partial charge in [-0.05, 0) is 31.2 Å². The van der Waals surface area contributed by atoms with Gasteiger partial charge in [-0.3, -0.25) is 24.2 Å². The van der Waals surface area contributed by atoms with Crippen molar-refractivity contribution in [3.05, 3.63) is 116 Å². The maximum atomic E-state index is 14.3. The zero-order valence-corrected chi connectivity index (χ0v) is 39.5. The molecule has 1 aromatic carbocycles. The SMILES string of the molecule is COc1cnc(-n2cnc(C)n2)c2[nH]cc(C(=O)C(=O)N3CCN(c4cc(-[n+]5cc(OC)c6c(C(=O)C(=O)N7CCN(c8ncnc9ncccc89)CC7)c[nH]c6c5-n5ccnn5)cc5cccnc45)CC3)c12. The Bertz CT molecular complexity index is 3830. The number of ketones is 2. The molecule has 9 aromatic heterocycles. The highest BCUT2D eigenvalue weighted by molar-refractivity contribution is 6.46. The van der Waals surface area contributed by atoms with Gasteiger partial charge in [0.2, 0.25) is 0 Å². The number of piperazine rings is 2. The molecule has 0 atom stereocenters. The van der Waals surface area contributed by atoms with E-state index in [0.717, 1.165) is 27.8 Å². The largest absolute Gasteiger partial charge is 0.494 e. The lowest BCUT2D eigenvalue weighted by molar-refractivity contribution is -0.589. The van der Waals surface area contributed by atoms with E-state index in [2.05, 4.69) is 60.1 Å². The van der Waals surface area contributed by atoms with Gasteiger partial charge in [0.25, 0.3) is 23.4 Å². The van der Waals surface area contributed by atoms with E-state index in [1.807, 2.05) is 41.0 Å². The molecule has 2 fully saturated rings. The first kappa shape index (κ1) is 44.5. The lowest BCUT2D eigenvalue weighted by Gasteiger charge is -2.36. The molecule has 24 nitrogen and oxygen atoms in total. The van der Waals surface area contributed by atoms with Crippen LogP contribution in [0.4, 0.5) is 11.5 Å². The van der Waals surface area contributed by atoms with Gasteiger partial charge in [0, 0.05) is 93.8 Å². The number of aromatic nitrogens is 14. The minimum Gasteiger partial charge on any atom is -0.494 e. The number of amides is 2. The van der Waals surface area contributed by atoms with Gasteiger partial charge in [-0.15, -0.1) is 5.10 Å². The standard InChI is InChI=1S/C49H42N18O6/c1-28-57-27-67(59-28)46-40-37(35(72-2)24-54-46)32(22-52-40)42(68)48(70)63-16-12-61(13-17-63)34-21-30(20-29-6-4-8-50-39(29)34)65-25-36(73-3)38-33(23-53-41(38)47(65)66-11-10-58-60-66)43(69)49(71)64-18-14-62(15-19-64)45-31-7-5-9-51-44(31)55-26-56-45/h4-11,20-27H,12-19H2,1-3H3,(H,52,54,68)/p+1. The second-order valence-electron chi connectivity index (χ2n) is 17.4. The van der Waals surface area contributed by atoms with Crippen LogP contribution in [0.3, 0.4) is 0 Å². The Labute approximate surface area is 412 Å². The molecule has 73 heavy (non-hydrogen) atoms. The average molecular weight is 980 g/mol. The van der Waals surface area contributed by atoms with Crippen molar-refractivity contribution in [3.8, 4) is 28.8 Å². The number of carbonyl (C=O) groups excluding carboxylic acids is 4. The van der Waals surface area contributed by atoms with Gasteiger partial charge in [0.05, 0.1) is 70.6 Å². The van der Waals surface area contributed by atoms with Crippen LogP contribution < -0.4 is 23.8 Å². The summed E-state index contributed by atoms with van der Waals surface area (Å²) in [6.45, 7) is 4.52. The molecule has 24 heteroatoms. The first-order valence-electron chi connectivity index (χ1n) is 23.2. The summed E-state index contributed by atoms with van der Waals surface area (Å²) in [5.74, 6) is 0.122. The number of ether oxygens (including phenoxy) is 2. The van der Waals surface area contributed by atoms with E-state index in [1.54, 1.807) is 52.4 Å². The lowest BCUT2D eigenvalue weighted by Crippen LogP contribution is -2.51. The molecule has 2 amide bonds. The number of pyridine rings is 4. The number of aryl methyl sites for hydroxylation is 1. The fraction of sp³-hybridized carbons (Fsp3) is 0.224. The second-order valence-corrected chi connectivity index (χ2v) is 17.4. The van der Waals surface area contributed by atoms with Gasteiger partial charge in [0.15, 0.2) is 17.2 Å². The average Bonchev–Trinajstić information content (AvgIpc) is 4.30. The van der Waals surface area contributed by atoms with Crippen LogP contribution in [0, 0.1) is 6.92 Å². The molecule has 0 aliphatic carbocycles. The summed E-state index contributed by atoms with van der Waals surface area (Å²) in [5, 5.41) is 15.3. The van der Waals surface area contributed by atoms with Gasteiger partial charge in [-0.2, -0.15) is 9.67 Å². The highest BCUT2D eigenvalue weighted by atomic mass is 16.5. The molecule has 2 aliphatic heterocycles. The third kappa shape index (κ3) is 7.53. The minimum absolute atomic E-state index is 0.141. The maximum absolute atomic E-state index is 14.3. The van der Waals surface area contributed by atoms with E-state index < -0.39 is 23.4 Å². The van der Waals surface area contributed by atoms with Gasteiger partial charge in [0.1, 0.15) is 53.6 Å². The third-order valence-corrected chi connectivity index (χ3v) is 13.4. The number of fused-ring (bicyclic) bond motifs is 4. The van der Waals surface area contributed by atoms with Gasteiger partial charge >= 0.3 is 5.82 Å².